The summed E-state index contributed by atoms with van der Waals surface area (Å²) in [6, 6.07) is 12.9. The number of ether oxygens (including phenoxy) is 1. The maximum absolute atomic E-state index is 5.53. The summed E-state index contributed by atoms with van der Waals surface area (Å²) in [4.78, 5) is 4.82. The summed E-state index contributed by atoms with van der Waals surface area (Å²) >= 11 is 0. The van der Waals surface area contributed by atoms with Crippen molar-refractivity contribution in [2.45, 2.75) is 19.4 Å². The molecule has 3 nitrogen and oxygen atoms in total. The molecule has 2 heterocycles. The largest absolute Gasteiger partial charge is 0.381 e. The van der Waals surface area contributed by atoms with Crippen LogP contribution in [0, 0.1) is 5.92 Å². The fraction of sp³-hybridized carbons (Fsp3) is 0.438. The van der Waals surface area contributed by atoms with E-state index in [1.54, 1.807) is 0 Å². The molecule has 2 unspecified atom stereocenters. The zero-order valence-corrected chi connectivity index (χ0v) is 11.3. The topological polar surface area (TPSA) is 34.2 Å². The van der Waals surface area contributed by atoms with Gasteiger partial charge in [-0.1, -0.05) is 31.2 Å². The highest BCUT2D eigenvalue weighted by molar-refractivity contribution is 5.78. The Labute approximate surface area is 114 Å². The van der Waals surface area contributed by atoms with Crippen molar-refractivity contribution in [2.24, 2.45) is 5.92 Å². The van der Waals surface area contributed by atoms with Gasteiger partial charge in [-0.2, -0.15) is 0 Å². The van der Waals surface area contributed by atoms with Crippen molar-refractivity contribution in [1.82, 2.24) is 10.3 Å². The lowest BCUT2D eigenvalue weighted by atomic mass is 9.95. The minimum Gasteiger partial charge on any atom is -0.381 e. The van der Waals surface area contributed by atoms with Gasteiger partial charge in [0.1, 0.15) is 0 Å². The second-order valence-corrected chi connectivity index (χ2v) is 5.09. The number of rotatable bonds is 4. The first-order valence-corrected chi connectivity index (χ1v) is 7.05. The lowest BCUT2D eigenvalue weighted by Gasteiger charge is -2.23. The molecular formula is C16H20N2O. The van der Waals surface area contributed by atoms with Crippen molar-refractivity contribution in [3.05, 3.63) is 42.1 Å². The minimum absolute atomic E-state index is 0.303. The van der Waals surface area contributed by atoms with Crippen LogP contribution >= 0.6 is 0 Å². The van der Waals surface area contributed by atoms with E-state index in [1.165, 1.54) is 5.39 Å². The Morgan fingerprint density at radius 3 is 3.00 bits per heavy atom. The van der Waals surface area contributed by atoms with Crippen molar-refractivity contribution in [2.75, 3.05) is 19.8 Å². The van der Waals surface area contributed by atoms with Crippen LogP contribution in [0.25, 0.3) is 10.9 Å². The number of benzene rings is 1. The van der Waals surface area contributed by atoms with Crippen molar-refractivity contribution in [1.29, 1.82) is 0 Å². The number of hydrogen-bond acceptors (Lipinski definition) is 3. The number of nitrogens with one attached hydrogen (secondary N) is 1. The Hall–Kier alpha value is -1.45. The Morgan fingerprint density at radius 1 is 1.32 bits per heavy atom. The second kappa shape index (κ2) is 5.68. The van der Waals surface area contributed by atoms with E-state index in [9.17, 15) is 0 Å². The first kappa shape index (κ1) is 12.6. The van der Waals surface area contributed by atoms with Crippen molar-refractivity contribution in [3.63, 3.8) is 0 Å². The molecule has 0 aliphatic carbocycles. The van der Waals surface area contributed by atoms with E-state index in [0.29, 0.717) is 12.0 Å². The van der Waals surface area contributed by atoms with Crippen molar-refractivity contribution < 1.29 is 4.74 Å². The van der Waals surface area contributed by atoms with Gasteiger partial charge in [0.05, 0.1) is 23.9 Å². The summed E-state index contributed by atoms with van der Waals surface area (Å²) in [5.74, 6) is 0.536. The maximum atomic E-state index is 5.53. The Balaban J connectivity index is 1.94. The molecule has 1 aromatic heterocycles. The van der Waals surface area contributed by atoms with E-state index in [0.717, 1.165) is 37.4 Å². The average Bonchev–Trinajstić information content (AvgIpc) is 2.98. The van der Waals surface area contributed by atoms with Gasteiger partial charge in [0.2, 0.25) is 0 Å². The number of aromatic nitrogens is 1. The molecule has 0 radical (unpaired) electrons. The molecule has 2 atom stereocenters. The third-order valence-corrected chi connectivity index (χ3v) is 3.80. The lowest BCUT2D eigenvalue weighted by molar-refractivity contribution is 0.176. The fourth-order valence-electron chi connectivity index (χ4n) is 2.80. The van der Waals surface area contributed by atoms with Crippen LogP contribution in [0.1, 0.15) is 25.1 Å². The van der Waals surface area contributed by atoms with E-state index in [1.807, 2.05) is 6.07 Å². The van der Waals surface area contributed by atoms with E-state index < -0.39 is 0 Å². The molecule has 1 aliphatic heterocycles. The smallest absolute Gasteiger partial charge is 0.0706 e. The minimum atomic E-state index is 0.303. The van der Waals surface area contributed by atoms with Crippen LogP contribution < -0.4 is 5.32 Å². The van der Waals surface area contributed by atoms with Gasteiger partial charge in [-0.25, -0.2) is 0 Å². The molecule has 1 N–H and O–H groups in total. The van der Waals surface area contributed by atoms with Gasteiger partial charge in [-0.3, -0.25) is 4.98 Å². The molecule has 3 rings (SSSR count). The highest BCUT2D eigenvalue weighted by Gasteiger charge is 2.27. The Kier molecular flexibility index (Phi) is 3.76. The van der Waals surface area contributed by atoms with Gasteiger partial charge in [0.15, 0.2) is 0 Å². The van der Waals surface area contributed by atoms with Gasteiger partial charge in [-0.05, 0) is 25.1 Å². The molecule has 1 aromatic carbocycles. The van der Waals surface area contributed by atoms with E-state index in [-0.39, 0.29) is 0 Å². The average molecular weight is 256 g/mol. The third kappa shape index (κ3) is 2.62. The first-order valence-electron chi connectivity index (χ1n) is 7.05. The summed E-state index contributed by atoms with van der Waals surface area (Å²) in [7, 11) is 0. The van der Waals surface area contributed by atoms with Crippen LogP contribution in [-0.2, 0) is 4.74 Å². The molecule has 0 spiro atoms. The zero-order valence-electron chi connectivity index (χ0n) is 11.3. The van der Waals surface area contributed by atoms with E-state index in [4.69, 9.17) is 9.72 Å². The molecule has 19 heavy (non-hydrogen) atoms. The zero-order chi connectivity index (χ0) is 13.1. The number of fused-ring (bicyclic) bond motifs is 1. The Morgan fingerprint density at radius 2 is 2.21 bits per heavy atom. The van der Waals surface area contributed by atoms with Crippen LogP contribution in [-0.4, -0.2) is 24.7 Å². The lowest BCUT2D eigenvalue weighted by Crippen LogP contribution is -2.29. The molecule has 2 aromatic rings. The quantitative estimate of drug-likeness (QED) is 0.913. The molecule has 0 bridgehead atoms. The maximum Gasteiger partial charge on any atom is 0.0706 e. The summed E-state index contributed by atoms with van der Waals surface area (Å²) < 4.78 is 5.53. The molecule has 0 saturated carbocycles. The SMILES string of the molecule is CCNC(c1ccc2ccccc2n1)C1CCOC1. The fourth-order valence-corrected chi connectivity index (χ4v) is 2.80. The number of para-hydroxylation sites is 1. The summed E-state index contributed by atoms with van der Waals surface area (Å²) in [6.45, 7) is 4.81. The normalized spacial score (nSPS) is 20.8. The van der Waals surface area contributed by atoms with Crippen molar-refractivity contribution >= 4 is 10.9 Å². The Bertz CT molecular complexity index is 549. The highest BCUT2D eigenvalue weighted by Crippen LogP contribution is 2.28. The molecular weight excluding hydrogens is 236 g/mol. The van der Waals surface area contributed by atoms with Crippen LogP contribution in [0.15, 0.2) is 36.4 Å². The summed E-state index contributed by atoms with van der Waals surface area (Å²) in [5, 5.41) is 4.76. The predicted octanol–water partition coefficient (Wildman–Crippen LogP) is 2.92. The van der Waals surface area contributed by atoms with Gasteiger partial charge in [-0.15, -0.1) is 0 Å². The van der Waals surface area contributed by atoms with Gasteiger partial charge >= 0.3 is 0 Å². The summed E-state index contributed by atoms with van der Waals surface area (Å²) in [5.41, 5.74) is 2.21. The van der Waals surface area contributed by atoms with Gasteiger partial charge in [0, 0.05) is 17.9 Å². The highest BCUT2D eigenvalue weighted by atomic mass is 16.5. The molecule has 3 heteroatoms. The standard InChI is InChI=1S/C16H20N2O/c1-2-17-16(13-9-10-19-11-13)15-8-7-12-5-3-4-6-14(12)18-15/h3-8,13,16-17H,2,9-11H2,1H3. The molecule has 0 amide bonds. The number of nitrogens with zero attached hydrogens (tertiary/aromatic N) is 1. The molecule has 1 fully saturated rings. The molecule has 1 saturated heterocycles. The van der Waals surface area contributed by atoms with Gasteiger partial charge in [0.25, 0.3) is 0 Å². The number of pyridine rings is 1. The van der Waals surface area contributed by atoms with Crippen molar-refractivity contribution in [3.8, 4) is 0 Å². The van der Waals surface area contributed by atoms with Gasteiger partial charge < -0.3 is 10.1 Å². The first-order chi connectivity index (χ1) is 9.38. The van der Waals surface area contributed by atoms with E-state index in [2.05, 4.69) is 42.6 Å². The molecule has 1 aliphatic rings. The summed E-state index contributed by atoms with van der Waals surface area (Å²) in [6.07, 6.45) is 1.12. The molecule has 100 valence electrons. The second-order valence-electron chi connectivity index (χ2n) is 5.09. The van der Waals surface area contributed by atoms with E-state index >= 15 is 0 Å². The monoisotopic (exact) mass is 256 g/mol. The van der Waals surface area contributed by atoms with Crippen LogP contribution in [0.4, 0.5) is 0 Å². The predicted molar refractivity (Wildman–Crippen MR) is 77.1 cm³/mol. The van der Waals surface area contributed by atoms with Crippen LogP contribution in [0.5, 0.6) is 0 Å². The van der Waals surface area contributed by atoms with Crippen LogP contribution in [0.2, 0.25) is 0 Å². The third-order valence-electron chi connectivity index (χ3n) is 3.80. The number of hydrogen-bond donors (Lipinski definition) is 1. The van der Waals surface area contributed by atoms with Crippen LogP contribution in [0.3, 0.4) is 0 Å².